The maximum Gasteiger partial charge on any atom is 0.306 e. The Morgan fingerprint density at radius 2 is 0.612 bits per heavy atom. The number of rotatable bonds is 49. The number of unbranched alkanes of at least 4 members (excludes halogenated alkanes) is 22. The summed E-state index contributed by atoms with van der Waals surface area (Å²) in [6.07, 6.45) is 72.6. The zero-order valence-corrected chi connectivity index (χ0v) is 43.6. The third-order valence-corrected chi connectivity index (χ3v) is 11.6. The summed E-state index contributed by atoms with van der Waals surface area (Å²) in [6, 6.07) is 0. The van der Waals surface area contributed by atoms with E-state index in [1.807, 2.05) is 6.08 Å². The van der Waals surface area contributed by atoms with Gasteiger partial charge in [0.1, 0.15) is 13.2 Å². The van der Waals surface area contributed by atoms with Crippen LogP contribution in [-0.2, 0) is 28.6 Å². The Kier molecular flexibility index (Phi) is 51.9. The van der Waals surface area contributed by atoms with Crippen molar-refractivity contribution in [2.75, 3.05) is 13.2 Å². The topological polar surface area (TPSA) is 78.9 Å². The van der Waals surface area contributed by atoms with Crippen molar-refractivity contribution in [3.8, 4) is 0 Å². The monoisotopic (exact) mass is 931 g/mol. The minimum Gasteiger partial charge on any atom is -0.462 e. The second-order valence-electron chi connectivity index (χ2n) is 18.1. The lowest BCUT2D eigenvalue weighted by molar-refractivity contribution is -0.166. The summed E-state index contributed by atoms with van der Waals surface area (Å²) in [5.41, 5.74) is 0. The van der Waals surface area contributed by atoms with E-state index in [0.717, 1.165) is 77.0 Å². The van der Waals surface area contributed by atoms with E-state index in [0.29, 0.717) is 19.3 Å². The number of esters is 3. The fourth-order valence-corrected chi connectivity index (χ4v) is 7.40. The molecule has 67 heavy (non-hydrogen) atoms. The first-order valence-electron chi connectivity index (χ1n) is 27.7. The maximum atomic E-state index is 12.8. The van der Waals surface area contributed by atoms with Crippen LogP contribution in [0.25, 0.3) is 0 Å². The van der Waals surface area contributed by atoms with Crippen molar-refractivity contribution in [2.24, 2.45) is 0 Å². The quantitative estimate of drug-likeness (QED) is 0.0262. The highest BCUT2D eigenvalue weighted by atomic mass is 16.6. The van der Waals surface area contributed by atoms with Gasteiger partial charge in [0, 0.05) is 19.3 Å². The Balaban J connectivity index is 4.51. The summed E-state index contributed by atoms with van der Waals surface area (Å²) < 4.78 is 16.8. The second kappa shape index (κ2) is 54.9. The molecule has 0 aromatic rings. The molecular formula is C61H102O6. The van der Waals surface area contributed by atoms with Crippen molar-refractivity contribution < 1.29 is 28.6 Å². The summed E-state index contributed by atoms with van der Waals surface area (Å²) in [7, 11) is 0. The van der Waals surface area contributed by atoms with Crippen LogP contribution in [0.5, 0.6) is 0 Å². The number of hydrogen-bond donors (Lipinski definition) is 0. The first-order valence-corrected chi connectivity index (χ1v) is 27.7. The molecule has 382 valence electrons. The van der Waals surface area contributed by atoms with Crippen molar-refractivity contribution in [1.82, 2.24) is 0 Å². The zero-order valence-electron chi connectivity index (χ0n) is 43.6. The van der Waals surface area contributed by atoms with Crippen LogP contribution >= 0.6 is 0 Å². The molecule has 6 nitrogen and oxygen atoms in total. The summed E-state index contributed by atoms with van der Waals surface area (Å²) in [4.78, 5) is 38.1. The van der Waals surface area contributed by atoms with Gasteiger partial charge in [0.05, 0.1) is 0 Å². The highest BCUT2D eigenvalue weighted by Gasteiger charge is 2.19. The summed E-state index contributed by atoms with van der Waals surface area (Å²) in [6.45, 7) is 6.43. The molecule has 0 N–H and O–H groups in total. The van der Waals surface area contributed by atoms with Crippen molar-refractivity contribution in [3.05, 3.63) is 97.2 Å². The molecule has 6 heteroatoms. The lowest BCUT2D eigenvalue weighted by atomic mass is 10.1. The number of ether oxygens (including phenoxy) is 3. The largest absolute Gasteiger partial charge is 0.462 e. The Morgan fingerprint density at radius 3 is 1.00 bits per heavy atom. The van der Waals surface area contributed by atoms with Gasteiger partial charge in [-0.3, -0.25) is 14.4 Å². The molecule has 0 unspecified atom stereocenters. The molecule has 0 aromatic carbocycles. The van der Waals surface area contributed by atoms with Gasteiger partial charge in [0.15, 0.2) is 6.10 Å². The van der Waals surface area contributed by atoms with Crippen molar-refractivity contribution >= 4 is 17.9 Å². The number of carbonyl (C=O) groups excluding carboxylic acids is 3. The van der Waals surface area contributed by atoms with Gasteiger partial charge in [-0.1, -0.05) is 221 Å². The highest BCUT2D eigenvalue weighted by Crippen LogP contribution is 2.14. The maximum absolute atomic E-state index is 12.8. The molecule has 0 aliphatic carbocycles. The van der Waals surface area contributed by atoms with Gasteiger partial charge in [-0.15, -0.1) is 0 Å². The van der Waals surface area contributed by atoms with Crippen LogP contribution in [0.2, 0.25) is 0 Å². The number of hydrogen-bond acceptors (Lipinski definition) is 6. The van der Waals surface area contributed by atoms with Crippen LogP contribution in [0.4, 0.5) is 0 Å². The van der Waals surface area contributed by atoms with E-state index in [1.54, 1.807) is 0 Å². The predicted molar refractivity (Wildman–Crippen MR) is 288 cm³/mol. The Morgan fingerprint density at radius 1 is 0.313 bits per heavy atom. The smallest absolute Gasteiger partial charge is 0.306 e. The standard InChI is InChI=1S/C61H102O6/c1-4-7-10-13-16-19-22-25-28-29-30-31-34-36-39-42-45-48-51-54-60(63)66-57-58(67-61(64)55-52-49-46-43-40-37-33-27-24-21-18-15-12-9-6-3)56-65-59(62)53-50-47-44-41-38-35-32-26-23-20-17-14-11-8-5-2/h7,10,16,19-21,23-25,28,30-31,36,39,45,48,58H,4-6,8-9,11-15,17-18,22,26-27,29,32-35,37-38,40-44,46-47,49-57H2,1-3H3/b10-7-,19-16-,23-20-,24-21-,28-25-,31-30-,39-36-,48-45-/t58-/m0/s1. The van der Waals surface area contributed by atoms with Gasteiger partial charge in [-0.2, -0.15) is 0 Å². The average molecular weight is 931 g/mol. The summed E-state index contributed by atoms with van der Waals surface area (Å²) >= 11 is 0. The van der Waals surface area contributed by atoms with Crippen molar-refractivity contribution in [2.45, 2.75) is 258 Å². The third kappa shape index (κ3) is 53.2. The third-order valence-electron chi connectivity index (χ3n) is 11.6. The molecule has 0 bridgehead atoms. The molecule has 1 atom stereocenters. The van der Waals surface area contributed by atoms with E-state index in [2.05, 4.69) is 112 Å². The van der Waals surface area contributed by atoms with E-state index in [1.165, 1.54) is 128 Å². The van der Waals surface area contributed by atoms with Crippen LogP contribution in [0.1, 0.15) is 252 Å². The molecule has 0 saturated carbocycles. The van der Waals surface area contributed by atoms with Crippen LogP contribution < -0.4 is 0 Å². The summed E-state index contributed by atoms with van der Waals surface area (Å²) in [5.74, 6) is -1.00. The SMILES string of the molecule is CC/C=C\C/C=C\C/C=C\C/C=C\C/C=C\C/C=C\CCC(=O)OC[C@H](COC(=O)CCCCCCCCC/C=C\CCCCCC)OC(=O)CCCCCCCCC/C=C\CCCCCC. The molecule has 0 spiro atoms. The van der Waals surface area contributed by atoms with Crippen LogP contribution in [-0.4, -0.2) is 37.2 Å². The number of allylic oxidation sites excluding steroid dienone is 16. The average Bonchev–Trinajstić information content (AvgIpc) is 3.33. The van der Waals surface area contributed by atoms with Gasteiger partial charge in [-0.25, -0.2) is 0 Å². The van der Waals surface area contributed by atoms with E-state index < -0.39 is 6.10 Å². The molecule has 0 amide bonds. The Hall–Kier alpha value is -3.67. The van der Waals surface area contributed by atoms with E-state index in [4.69, 9.17) is 14.2 Å². The first kappa shape index (κ1) is 63.3. The molecular weight excluding hydrogens is 829 g/mol. The molecule has 0 saturated heterocycles. The van der Waals surface area contributed by atoms with Gasteiger partial charge < -0.3 is 14.2 Å². The van der Waals surface area contributed by atoms with Crippen molar-refractivity contribution in [1.29, 1.82) is 0 Å². The Labute approximate surface area is 413 Å². The second-order valence-corrected chi connectivity index (χ2v) is 18.1. The molecule has 0 heterocycles. The Bertz CT molecular complexity index is 1350. The fraction of sp³-hybridized carbons (Fsp3) is 0.689. The number of carbonyl (C=O) groups is 3. The molecule has 0 aliphatic heterocycles. The van der Waals surface area contributed by atoms with E-state index in [9.17, 15) is 14.4 Å². The van der Waals surface area contributed by atoms with Gasteiger partial charge in [-0.05, 0) is 109 Å². The van der Waals surface area contributed by atoms with Gasteiger partial charge >= 0.3 is 17.9 Å². The van der Waals surface area contributed by atoms with Crippen LogP contribution in [0.3, 0.4) is 0 Å². The van der Waals surface area contributed by atoms with E-state index >= 15 is 0 Å². The molecule has 0 radical (unpaired) electrons. The predicted octanol–water partition coefficient (Wildman–Crippen LogP) is 18.5. The normalized spacial score (nSPS) is 12.8. The lowest BCUT2D eigenvalue weighted by Crippen LogP contribution is -2.30. The van der Waals surface area contributed by atoms with Gasteiger partial charge in [0.2, 0.25) is 0 Å². The highest BCUT2D eigenvalue weighted by molar-refractivity contribution is 5.71. The van der Waals surface area contributed by atoms with Crippen LogP contribution in [0, 0.1) is 0 Å². The van der Waals surface area contributed by atoms with Crippen LogP contribution in [0.15, 0.2) is 97.2 Å². The molecule has 0 aromatic heterocycles. The zero-order chi connectivity index (χ0) is 48.6. The lowest BCUT2D eigenvalue weighted by Gasteiger charge is -2.18. The first-order chi connectivity index (χ1) is 33.0. The minimum atomic E-state index is -0.812. The fourth-order valence-electron chi connectivity index (χ4n) is 7.40. The summed E-state index contributed by atoms with van der Waals surface area (Å²) in [5, 5.41) is 0. The molecule has 0 aliphatic rings. The van der Waals surface area contributed by atoms with E-state index in [-0.39, 0.29) is 37.5 Å². The van der Waals surface area contributed by atoms with Crippen molar-refractivity contribution in [3.63, 3.8) is 0 Å². The minimum absolute atomic E-state index is 0.105. The van der Waals surface area contributed by atoms with Gasteiger partial charge in [0.25, 0.3) is 0 Å². The molecule has 0 rings (SSSR count). The molecule has 0 fully saturated rings.